The van der Waals surface area contributed by atoms with Crippen LogP contribution in [0.2, 0.25) is 0 Å². The number of allylic oxidation sites excluding steroid dienone is 4. The van der Waals surface area contributed by atoms with Gasteiger partial charge < -0.3 is 24.4 Å². The van der Waals surface area contributed by atoms with Crippen LogP contribution in [0.15, 0.2) is 47.7 Å². The van der Waals surface area contributed by atoms with Gasteiger partial charge in [-0.05, 0) is 87.8 Å². The number of nitrogens with one attached hydrogen (secondary N) is 1. The van der Waals surface area contributed by atoms with Crippen molar-refractivity contribution in [2.75, 3.05) is 40.5 Å². The SMILES string of the molecule is CCOC1=CC=C(CCCN2CCC(CC(=O)N[C@@H](Cc3cccc(OC)c3)C(=O)OC)CC2)C(C)C1. The average molecular weight is 513 g/mol. The smallest absolute Gasteiger partial charge is 0.328 e. The Morgan fingerprint density at radius 1 is 1.16 bits per heavy atom. The number of esters is 1. The molecule has 1 aliphatic carbocycles. The van der Waals surface area contributed by atoms with Gasteiger partial charge in [-0.25, -0.2) is 4.79 Å². The Morgan fingerprint density at radius 2 is 1.95 bits per heavy atom. The molecule has 1 aromatic carbocycles. The highest BCUT2D eigenvalue weighted by molar-refractivity contribution is 5.84. The summed E-state index contributed by atoms with van der Waals surface area (Å²) in [6.45, 7) is 8.18. The van der Waals surface area contributed by atoms with Gasteiger partial charge in [-0.2, -0.15) is 0 Å². The molecule has 1 saturated heterocycles. The first kappa shape index (κ1) is 28.8. The number of ether oxygens (including phenoxy) is 3. The predicted molar refractivity (Wildman–Crippen MR) is 145 cm³/mol. The van der Waals surface area contributed by atoms with E-state index >= 15 is 0 Å². The zero-order valence-electron chi connectivity index (χ0n) is 23.0. The number of carbonyl (C=O) groups is 2. The Balaban J connectivity index is 1.39. The third kappa shape index (κ3) is 9.22. The molecule has 0 bridgehead atoms. The van der Waals surface area contributed by atoms with Crippen molar-refractivity contribution < 1.29 is 23.8 Å². The second-order valence-corrected chi connectivity index (χ2v) is 10.2. The van der Waals surface area contributed by atoms with Crippen LogP contribution >= 0.6 is 0 Å². The van der Waals surface area contributed by atoms with E-state index in [1.165, 1.54) is 12.7 Å². The number of rotatable bonds is 13. The van der Waals surface area contributed by atoms with Crippen LogP contribution in [0.4, 0.5) is 0 Å². The molecule has 7 nitrogen and oxygen atoms in total. The monoisotopic (exact) mass is 512 g/mol. The van der Waals surface area contributed by atoms with E-state index < -0.39 is 12.0 Å². The fourth-order valence-corrected chi connectivity index (χ4v) is 5.29. The van der Waals surface area contributed by atoms with Gasteiger partial charge in [-0.15, -0.1) is 0 Å². The molecule has 1 heterocycles. The maximum absolute atomic E-state index is 12.8. The van der Waals surface area contributed by atoms with Crippen LogP contribution in [0.5, 0.6) is 5.75 Å². The van der Waals surface area contributed by atoms with Crippen LogP contribution in [-0.2, 0) is 25.5 Å². The fraction of sp³-hybridized carbons (Fsp3) is 0.600. The number of hydrogen-bond donors (Lipinski definition) is 1. The molecule has 1 N–H and O–H groups in total. The second-order valence-electron chi connectivity index (χ2n) is 10.2. The largest absolute Gasteiger partial charge is 0.498 e. The summed E-state index contributed by atoms with van der Waals surface area (Å²) >= 11 is 0. The summed E-state index contributed by atoms with van der Waals surface area (Å²) in [5, 5.41) is 2.91. The Bertz CT molecular complexity index is 949. The lowest BCUT2D eigenvalue weighted by molar-refractivity contribution is -0.145. The molecule has 2 atom stereocenters. The summed E-state index contributed by atoms with van der Waals surface area (Å²) < 4.78 is 15.9. The van der Waals surface area contributed by atoms with E-state index in [0.29, 0.717) is 24.7 Å². The van der Waals surface area contributed by atoms with Crippen molar-refractivity contribution in [1.82, 2.24) is 10.2 Å². The van der Waals surface area contributed by atoms with Gasteiger partial charge in [0.1, 0.15) is 11.8 Å². The van der Waals surface area contributed by atoms with E-state index in [1.807, 2.05) is 31.2 Å². The van der Waals surface area contributed by atoms with Gasteiger partial charge in [-0.3, -0.25) is 4.79 Å². The van der Waals surface area contributed by atoms with Crippen molar-refractivity contribution in [3.05, 3.63) is 53.3 Å². The van der Waals surface area contributed by atoms with E-state index in [0.717, 1.165) is 75.4 Å². The van der Waals surface area contributed by atoms with Gasteiger partial charge in [0.15, 0.2) is 0 Å². The third-order valence-electron chi connectivity index (χ3n) is 7.47. The quantitative estimate of drug-likeness (QED) is 0.387. The summed E-state index contributed by atoms with van der Waals surface area (Å²) in [7, 11) is 2.96. The van der Waals surface area contributed by atoms with Gasteiger partial charge >= 0.3 is 5.97 Å². The van der Waals surface area contributed by atoms with Crippen LogP contribution in [-0.4, -0.2) is 63.3 Å². The molecule has 37 heavy (non-hydrogen) atoms. The average Bonchev–Trinajstić information content (AvgIpc) is 2.90. The first-order valence-corrected chi connectivity index (χ1v) is 13.7. The summed E-state index contributed by atoms with van der Waals surface area (Å²) in [6.07, 6.45) is 10.5. The predicted octanol–water partition coefficient (Wildman–Crippen LogP) is 4.66. The summed E-state index contributed by atoms with van der Waals surface area (Å²) in [4.78, 5) is 27.7. The van der Waals surface area contributed by atoms with Crippen molar-refractivity contribution in [3.8, 4) is 5.75 Å². The first-order chi connectivity index (χ1) is 17.9. The fourth-order valence-electron chi connectivity index (χ4n) is 5.29. The molecule has 0 spiro atoms. The summed E-state index contributed by atoms with van der Waals surface area (Å²) in [5.74, 6) is 2.19. The maximum Gasteiger partial charge on any atom is 0.328 e. The molecule has 1 aromatic rings. The van der Waals surface area contributed by atoms with Crippen molar-refractivity contribution in [2.24, 2.45) is 11.8 Å². The molecule has 0 radical (unpaired) electrons. The molecule has 1 amide bonds. The minimum Gasteiger partial charge on any atom is -0.498 e. The summed E-state index contributed by atoms with van der Waals surface area (Å²) in [5.41, 5.74) is 2.43. The molecule has 204 valence electrons. The minimum atomic E-state index is -0.708. The number of piperidine rings is 1. The molecular weight excluding hydrogens is 468 g/mol. The Morgan fingerprint density at radius 3 is 2.62 bits per heavy atom. The molecule has 0 saturated carbocycles. The topological polar surface area (TPSA) is 77.1 Å². The van der Waals surface area contributed by atoms with Gasteiger partial charge in [0, 0.05) is 19.3 Å². The van der Waals surface area contributed by atoms with Crippen molar-refractivity contribution >= 4 is 11.9 Å². The molecule has 7 heteroatoms. The second kappa shape index (κ2) is 14.8. The first-order valence-electron chi connectivity index (χ1n) is 13.7. The molecule has 1 fully saturated rings. The number of methoxy groups -OCH3 is 2. The Kier molecular flexibility index (Phi) is 11.5. The highest BCUT2D eigenvalue weighted by atomic mass is 16.5. The normalized spacial score (nSPS) is 19.4. The van der Waals surface area contributed by atoms with E-state index in [4.69, 9.17) is 14.2 Å². The molecular formula is C30H44N2O5. The van der Waals surface area contributed by atoms with Gasteiger partial charge in [-0.1, -0.05) is 30.7 Å². The van der Waals surface area contributed by atoms with Crippen molar-refractivity contribution in [2.45, 2.75) is 64.8 Å². The highest BCUT2D eigenvalue weighted by Gasteiger charge is 2.26. The van der Waals surface area contributed by atoms with Crippen LogP contribution in [0, 0.1) is 11.8 Å². The van der Waals surface area contributed by atoms with Gasteiger partial charge in [0.05, 0.1) is 26.6 Å². The van der Waals surface area contributed by atoms with E-state index in [1.54, 1.807) is 7.11 Å². The lowest BCUT2D eigenvalue weighted by atomic mass is 9.89. The van der Waals surface area contributed by atoms with Crippen molar-refractivity contribution in [3.63, 3.8) is 0 Å². The number of carbonyl (C=O) groups excluding carboxylic acids is 2. The van der Waals surface area contributed by atoms with E-state index in [9.17, 15) is 9.59 Å². The lowest BCUT2D eigenvalue weighted by Gasteiger charge is -2.32. The molecule has 3 rings (SSSR count). The lowest BCUT2D eigenvalue weighted by Crippen LogP contribution is -2.44. The maximum atomic E-state index is 12.8. The minimum absolute atomic E-state index is 0.0885. The van der Waals surface area contributed by atoms with Crippen LogP contribution in [0.1, 0.15) is 57.9 Å². The van der Waals surface area contributed by atoms with Crippen LogP contribution in [0.25, 0.3) is 0 Å². The standard InChI is InChI=1S/C30H44N2O5/c1-5-37-27-12-11-25(22(2)18-27)9-7-15-32-16-13-23(14-17-32)21-29(33)31-28(30(34)36-4)20-24-8-6-10-26(19-24)35-3/h6,8,10-12,19,22-23,28H,5,7,9,13-18,20-21H2,1-4H3,(H,31,33)/t22?,28-/m0/s1. The van der Waals surface area contributed by atoms with E-state index in [-0.39, 0.29) is 5.91 Å². The molecule has 2 aliphatic rings. The molecule has 1 unspecified atom stereocenters. The number of amides is 1. The third-order valence-corrected chi connectivity index (χ3v) is 7.47. The number of hydrogen-bond acceptors (Lipinski definition) is 6. The van der Waals surface area contributed by atoms with Gasteiger partial charge in [0.2, 0.25) is 5.91 Å². The van der Waals surface area contributed by atoms with Crippen LogP contribution in [0.3, 0.4) is 0 Å². The number of likely N-dealkylation sites (tertiary alicyclic amines) is 1. The van der Waals surface area contributed by atoms with Gasteiger partial charge in [0.25, 0.3) is 0 Å². The highest BCUT2D eigenvalue weighted by Crippen LogP contribution is 2.29. The van der Waals surface area contributed by atoms with E-state index in [2.05, 4.69) is 29.3 Å². The zero-order chi connectivity index (χ0) is 26.6. The number of nitrogens with zero attached hydrogens (tertiary/aromatic N) is 1. The Labute approximate surface area is 222 Å². The molecule has 1 aliphatic heterocycles. The number of benzene rings is 1. The molecule has 0 aromatic heterocycles. The van der Waals surface area contributed by atoms with Crippen LogP contribution < -0.4 is 10.1 Å². The Hall–Kier alpha value is -2.80. The van der Waals surface area contributed by atoms with Crippen molar-refractivity contribution in [1.29, 1.82) is 0 Å². The summed E-state index contributed by atoms with van der Waals surface area (Å²) in [6, 6.07) is 6.81. The zero-order valence-corrected chi connectivity index (χ0v) is 23.0.